The molecule has 3 rings (SSSR count). The smallest absolute Gasteiger partial charge is 0.0245 e. The van der Waals surface area contributed by atoms with Gasteiger partial charge in [-0.1, -0.05) is 18.2 Å². The molecule has 0 amide bonds. The summed E-state index contributed by atoms with van der Waals surface area (Å²) in [7, 11) is 0. The summed E-state index contributed by atoms with van der Waals surface area (Å²) in [6.07, 6.45) is 6.24. The van der Waals surface area contributed by atoms with Crippen LogP contribution in [0.1, 0.15) is 24.8 Å². The maximum Gasteiger partial charge on any atom is 0.0245 e. The normalized spacial score (nSPS) is 28.3. The monoisotopic (exact) mass is 262 g/mol. The van der Waals surface area contributed by atoms with Gasteiger partial charge in [0.1, 0.15) is 0 Å². The fourth-order valence-corrected chi connectivity index (χ4v) is 3.84. The van der Waals surface area contributed by atoms with Gasteiger partial charge in [-0.2, -0.15) is 0 Å². The van der Waals surface area contributed by atoms with Gasteiger partial charge in [-0.25, -0.2) is 0 Å². The van der Waals surface area contributed by atoms with Crippen molar-refractivity contribution in [3.63, 3.8) is 0 Å². The first-order valence-electron chi connectivity index (χ1n) is 6.95. The topological polar surface area (TPSA) is 15.3 Å². The number of fused-ring (bicyclic) bond motifs is 2. The molecule has 2 bridgehead atoms. The summed E-state index contributed by atoms with van der Waals surface area (Å²) >= 11 is 1.86. The van der Waals surface area contributed by atoms with Crippen molar-refractivity contribution in [2.75, 3.05) is 19.3 Å². The predicted molar refractivity (Wildman–Crippen MR) is 78.1 cm³/mol. The van der Waals surface area contributed by atoms with E-state index in [0.29, 0.717) is 0 Å². The minimum atomic E-state index is 0.735. The molecule has 0 aliphatic carbocycles. The van der Waals surface area contributed by atoms with Crippen LogP contribution < -0.4 is 5.32 Å². The third kappa shape index (κ3) is 2.73. The highest BCUT2D eigenvalue weighted by Crippen LogP contribution is 2.25. The number of benzene rings is 1. The van der Waals surface area contributed by atoms with E-state index < -0.39 is 0 Å². The second kappa shape index (κ2) is 5.64. The maximum absolute atomic E-state index is 3.75. The quantitative estimate of drug-likeness (QED) is 0.843. The second-order valence-corrected chi connectivity index (χ2v) is 6.32. The minimum Gasteiger partial charge on any atom is -0.310 e. The third-order valence-electron chi connectivity index (χ3n) is 4.19. The van der Waals surface area contributed by atoms with Crippen molar-refractivity contribution in [3.05, 3.63) is 29.8 Å². The van der Waals surface area contributed by atoms with Crippen molar-refractivity contribution in [2.45, 2.75) is 42.8 Å². The zero-order chi connectivity index (χ0) is 12.4. The number of likely N-dealkylation sites (tertiary alicyclic amines) is 1. The number of hydrogen-bond donors (Lipinski definition) is 1. The molecule has 2 saturated heterocycles. The summed E-state index contributed by atoms with van der Waals surface area (Å²) in [5.74, 6) is 0. The maximum atomic E-state index is 3.75. The van der Waals surface area contributed by atoms with Crippen molar-refractivity contribution in [2.24, 2.45) is 0 Å². The molecule has 0 spiro atoms. The van der Waals surface area contributed by atoms with E-state index >= 15 is 0 Å². The lowest BCUT2D eigenvalue weighted by Gasteiger charge is -2.24. The van der Waals surface area contributed by atoms with Crippen LogP contribution in [0.4, 0.5) is 0 Å². The first kappa shape index (κ1) is 12.5. The van der Waals surface area contributed by atoms with Crippen LogP contribution in [0.15, 0.2) is 29.2 Å². The molecule has 0 radical (unpaired) electrons. The SMILES string of the molecule is CSc1ccccc1CN1CC[C@H]2CC[C@@H](C1)N2. The fourth-order valence-electron chi connectivity index (χ4n) is 3.23. The van der Waals surface area contributed by atoms with Crippen LogP contribution in [0.5, 0.6) is 0 Å². The summed E-state index contributed by atoms with van der Waals surface area (Å²) in [5.41, 5.74) is 1.49. The van der Waals surface area contributed by atoms with E-state index in [-0.39, 0.29) is 0 Å². The second-order valence-electron chi connectivity index (χ2n) is 5.47. The zero-order valence-corrected chi connectivity index (χ0v) is 11.9. The third-order valence-corrected chi connectivity index (χ3v) is 5.03. The number of nitrogens with one attached hydrogen (secondary N) is 1. The Bertz CT molecular complexity index is 407. The first-order valence-corrected chi connectivity index (χ1v) is 8.18. The molecule has 1 aromatic carbocycles. The van der Waals surface area contributed by atoms with Gasteiger partial charge in [-0.05, 0) is 37.1 Å². The van der Waals surface area contributed by atoms with Gasteiger partial charge >= 0.3 is 0 Å². The molecule has 0 saturated carbocycles. The Hall–Kier alpha value is -0.510. The Labute approximate surface area is 114 Å². The van der Waals surface area contributed by atoms with Gasteiger partial charge in [-0.3, -0.25) is 4.90 Å². The van der Waals surface area contributed by atoms with Gasteiger partial charge in [0.05, 0.1) is 0 Å². The first-order chi connectivity index (χ1) is 8.85. The predicted octanol–water partition coefficient (Wildman–Crippen LogP) is 2.73. The number of hydrogen-bond acceptors (Lipinski definition) is 3. The van der Waals surface area contributed by atoms with Crippen LogP contribution in [0.3, 0.4) is 0 Å². The van der Waals surface area contributed by atoms with Crippen LogP contribution in [0.25, 0.3) is 0 Å². The van der Waals surface area contributed by atoms with E-state index in [1.165, 1.54) is 42.8 Å². The molecule has 18 heavy (non-hydrogen) atoms. The highest BCUT2D eigenvalue weighted by Gasteiger charge is 2.29. The molecule has 0 aromatic heterocycles. The van der Waals surface area contributed by atoms with Crippen LogP contribution in [-0.4, -0.2) is 36.3 Å². The van der Waals surface area contributed by atoms with Crippen LogP contribution in [-0.2, 0) is 6.54 Å². The Balaban J connectivity index is 1.68. The van der Waals surface area contributed by atoms with E-state index in [9.17, 15) is 0 Å². The lowest BCUT2D eigenvalue weighted by molar-refractivity contribution is 0.249. The Kier molecular flexibility index (Phi) is 3.92. The van der Waals surface area contributed by atoms with Gasteiger partial charge in [0.25, 0.3) is 0 Å². The van der Waals surface area contributed by atoms with E-state index in [1.807, 2.05) is 11.8 Å². The number of nitrogens with zero attached hydrogens (tertiary/aromatic N) is 1. The van der Waals surface area contributed by atoms with Crippen molar-refractivity contribution in [1.29, 1.82) is 0 Å². The van der Waals surface area contributed by atoms with E-state index in [2.05, 4.69) is 40.7 Å². The molecule has 0 unspecified atom stereocenters. The van der Waals surface area contributed by atoms with E-state index in [1.54, 1.807) is 0 Å². The highest BCUT2D eigenvalue weighted by atomic mass is 32.2. The Morgan fingerprint density at radius 1 is 1.22 bits per heavy atom. The molecule has 3 heteroatoms. The van der Waals surface area contributed by atoms with E-state index in [0.717, 1.165) is 18.6 Å². The average Bonchev–Trinajstić information content (AvgIpc) is 2.73. The molecule has 2 heterocycles. The summed E-state index contributed by atoms with van der Waals surface area (Å²) < 4.78 is 0. The van der Waals surface area contributed by atoms with Gasteiger partial charge in [0.15, 0.2) is 0 Å². The van der Waals surface area contributed by atoms with Crippen molar-refractivity contribution in [3.8, 4) is 0 Å². The molecule has 1 N–H and O–H groups in total. The van der Waals surface area contributed by atoms with Gasteiger partial charge in [0, 0.05) is 36.6 Å². The number of thioether (sulfide) groups is 1. The van der Waals surface area contributed by atoms with Crippen molar-refractivity contribution in [1.82, 2.24) is 10.2 Å². The molecule has 2 atom stereocenters. The van der Waals surface area contributed by atoms with E-state index in [4.69, 9.17) is 0 Å². The Morgan fingerprint density at radius 2 is 2.06 bits per heavy atom. The fraction of sp³-hybridized carbons (Fsp3) is 0.600. The molecular weight excluding hydrogens is 240 g/mol. The van der Waals surface area contributed by atoms with Crippen molar-refractivity contribution >= 4 is 11.8 Å². The van der Waals surface area contributed by atoms with Crippen LogP contribution in [0.2, 0.25) is 0 Å². The highest BCUT2D eigenvalue weighted by molar-refractivity contribution is 7.98. The zero-order valence-electron chi connectivity index (χ0n) is 11.1. The van der Waals surface area contributed by atoms with Crippen LogP contribution in [0, 0.1) is 0 Å². The summed E-state index contributed by atoms with van der Waals surface area (Å²) in [4.78, 5) is 4.06. The minimum absolute atomic E-state index is 0.735. The largest absolute Gasteiger partial charge is 0.310 e. The molecule has 1 aromatic rings. The average molecular weight is 262 g/mol. The van der Waals surface area contributed by atoms with Gasteiger partial charge in [0.2, 0.25) is 0 Å². The van der Waals surface area contributed by atoms with Crippen molar-refractivity contribution < 1.29 is 0 Å². The molecule has 98 valence electrons. The summed E-state index contributed by atoms with van der Waals surface area (Å²) in [6.45, 7) is 3.58. The molecule has 2 aliphatic heterocycles. The summed E-state index contributed by atoms with van der Waals surface area (Å²) in [5, 5.41) is 3.75. The van der Waals surface area contributed by atoms with Gasteiger partial charge in [-0.15, -0.1) is 11.8 Å². The molecule has 2 fully saturated rings. The van der Waals surface area contributed by atoms with Gasteiger partial charge < -0.3 is 5.32 Å². The number of rotatable bonds is 3. The lowest BCUT2D eigenvalue weighted by atomic mass is 10.1. The molecular formula is C15H22N2S. The van der Waals surface area contributed by atoms with Crippen LogP contribution >= 0.6 is 11.8 Å². The molecule has 2 nitrogen and oxygen atoms in total. The Morgan fingerprint density at radius 3 is 2.94 bits per heavy atom. The molecule has 2 aliphatic rings. The lowest BCUT2D eigenvalue weighted by Crippen LogP contribution is -2.35. The standard InChI is InChI=1S/C15H22N2S/c1-18-15-5-3-2-4-12(15)10-17-9-8-13-6-7-14(11-17)16-13/h2-5,13-14,16H,6-11H2,1H3/t13-,14+/m1/s1. The summed E-state index contributed by atoms with van der Waals surface area (Å²) in [6, 6.07) is 10.3.